The number of carboxylic acid groups (broad SMARTS) is 1. The van der Waals surface area contributed by atoms with Gasteiger partial charge in [0.15, 0.2) is 6.61 Å². The number of benzene rings is 2. The first kappa shape index (κ1) is 16.9. The summed E-state index contributed by atoms with van der Waals surface area (Å²) in [6, 6.07) is 10.9. The molecule has 24 heavy (non-hydrogen) atoms. The Kier molecular flexibility index (Phi) is 4.87. The predicted molar refractivity (Wildman–Crippen MR) is 94.9 cm³/mol. The Morgan fingerprint density at radius 3 is 2.67 bits per heavy atom. The number of rotatable bonds is 5. The van der Waals surface area contributed by atoms with Crippen LogP contribution in [0.3, 0.4) is 0 Å². The first-order valence-corrected chi connectivity index (χ1v) is 8.97. The summed E-state index contributed by atoms with van der Waals surface area (Å²) in [4.78, 5) is 23.6. The molecule has 3 rings (SSSR count). The molecule has 1 atom stereocenters. The fourth-order valence-electron chi connectivity index (χ4n) is 2.69. The number of hydrogen-bond acceptors (Lipinski definition) is 4. The molecule has 2 N–H and O–H groups in total. The second-order valence-corrected chi connectivity index (χ2v) is 7.13. The van der Waals surface area contributed by atoms with E-state index in [1.54, 1.807) is 12.1 Å². The number of amides is 1. The van der Waals surface area contributed by atoms with Gasteiger partial charge in [0.1, 0.15) is 11.3 Å². The van der Waals surface area contributed by atoms with Gasteiger partial charge in [0.25, 0.3) is 5.91 Å². The molecule has 1 saturated heterocycles. The third-order valence-corrected chi connectivity index (χ3v) is 5.52. The van der Waals surface area contributed by atoms with Crippen molar-refractivity contribution in [2.75, 3.05) is 18.1 Å². The number of hydrogen-bond donors (Lipinski definition) is 2. The van der Waals surface area contributed by atoms with E-state index >= 15 is 0 Å². The van der Waals surface area contributed by atoms with Gasteiger partial charge in [-0.05, 0) is 24.3 Å². The quantitative estimate of drug-likeness (QED) is 0.852. The second kappa shape index (κ2) is 6.91. The molecule has 0 bridgehead atoms. The molecule has 0 aromatic heterocycles. The zero-order valence-corrected chi connectivity index (χ0v) is 14.3. The van der Waals surface area contributed by atoms with Crippen LogP contribution in [0.1, 0.15) is 6.42 Å². The third-order valence-electron chi connectivity index (χ3n) is 4.00. The molecule has 2 aromatic rings. The summed E-state index contributed by atoms with van der Waals surface area (Å²) in [7, 11) is 0. The lowest BCUT2D eigenvalue weighted by Crippen LogP contribution is -2.55. The van der Waals surface area contributed by atoms with E-state index in [-0.39, 0.29) is 6.61 Å². The zero-order chi connectivity index (χ0) is 17.2. The van der Waals surface area contributed by atoms with Crippen molar-refractivity contribution in [3.8, 4) is 5.75 Å². The molecular formula is C17H16ClNO4S. The Morgan fingerprint density at radius 2 is 2.00 bits per heavy atom. The van der Waals surface area contributed by atoms with Crippen LogP contribution in [-0.2, 0) is 9.59 Å². The highest BCUT2D eigenvalue weighted by molar-refractivity contribution is 7.99. The molecule has 1 aliphatic rings. The molecule has 5 nitrogen and oxygen atoms in total. The van der Waals surface area contributed by atoms with Crippen molar-refractivity contribution in [1.82, 2.24) is 5.32 Å². The molecule has 1 heterocycles. The van der Waals surface area contributed by atoms with E-state index in [0.717, 1.165) is 16.5 Å². The molecule has 0 aliphatic carbocycles. The van der Waals surface area contributed by atoms with Gasteiger partial charge < -0.3 is 15.2 Å². The molecule has 1 fully saturated rings. The Hall–Kier alpha value is -1.92. The fraction of sp³-hybridized carbons (Fsp3) is 0.294. The van der Waals surface area contributed by atoms with Gasteiger partial charge in [0, 0.05) is 21.5 Å². The van der Waals surface area contributed by atoms with Crippen LogP contribution in [-0.4, -0.2) is 40.6 Å². The molecule has 126 valence electrons. The number of thioether (sulfide) groups is 1. The highest BCUT2D eigenvalue weighted by Gasteiger charge is 2.43. The summed E-state index contributed by atoms with van der Waals surface area (Å²) in [5.41, 5.74) is -1.19. The van der Waals surface area contributed by atoms with E-state index in [1.165, 1.54) is 11.8 Å². The van der Waals surface area contributed by atoms with Crippen LogP contribution in [0.15, 0.2) is 36.4 Å². The van der Waals surface area contributed by atoms with Gasteiger partial charge in [0.05, 0.1) is 0 Å². The van der Waals surface area contributed by atoms with Crippen molar-refractivity contribution in [1.29, 1.82) is 0 Å². The van der Waals surface area contributed by atoms with Gasteiger partial charge in [-0.2, -0.15) is 11.8 Å². The monoisotopic (exact) mass is 365 g/mol. The maximum atomic E-state index is 12.2. The number of aliphatic carboxylic acids is 1. The molecule has 0 saturated carbocycles. The lowest BCUT2D eigenvalue weighted by atomic mass is 9.99. The lowest BCUT2D eigenvalue weighted by molar-refractivity contribution is -0.146. The average Bonchev–Trinajstić information content (AvgIpc) is 3.04. The largest absolute Gasteiger partial charge is 0.483 e. The van der Waals surface area contributed by atoms with Crippen molar-refractivity contribution in [2.45, 2.75) is 12.0 Å². The van der Waals surface area contributed by atoms with Gasteiger partial charge in [-0.25, -0.2) is 4.79 Å². The topological polar surface area (TPSA) is 75.6 Å². The normalized spacial score (nSPS) is 20.0. The van der Waals surface area contributed by atoms with Crippen LogP contribution in [0.5, 0.6) is 5.75 Å². The highest BCUT2D eigenvalue weighted by atomic mass is 35.5. The van der Waals surface area contributed by atoms with Crippen LogP contribution < -0.4 is 10.1 Å². The molecule has 1 unspecified atom stereocenters. The first-order valence-electron chi connectivity index (χ1n) is 7.44. The van der Waals surface area contributed by atoms with Crippen molar-refractivity contribution in [3.63, 3.8) is 0 Å². The van der Waals surface area contributed by atoms with E-state index in [1.807, 2.05) is 24.3 Å². The number of carbonyl (C=O) groups is 2. The van der Waals surface area contributed by atoms with Gasteiger partial charge in [-0.1, -0.05) is 35.9 Å². The van der Waals surface area contributed by atoms with E-state index in [9.17, 15) is 14.7 Å². The van der Waals surface area contributed by atoms with E-state index < -0.39 is 17.4 Å². The van der Waals surface area contributed by atoms with E-state index in [2.05, 4.69) is 5.32 Å². The maximum Gasteiger partial charge on any atom is 0.330 e. The Balaban J connectivity index is 1.71. The van der Waals surface area contributed by atoms with Crippen LogP contribution in [0.2, 0.25) is 5.02 Å². The van der Waals surface area contributed by atoms with E-state index in [4.69, 9.17) is 16.3 Å². The number of nitrogens with one attached hydrogen (secondary N) is 1. The summed E-state index contributed by atoms with van der Waals surface area (Å²) in [6.07, 6.45) is 0.419. The molecule has 7 heteroatoms. The van der Waals surface area contributed by atoms with Crippen molar-refractivity contribution in [3.05, 3.63) is 41.4 Å². The molecule has 2 aromatic carbocycles. The van der Waals surface area contributed by atoms with Crippen LogP contribution in [0.25, 0.3) is 10.8 Å². The van der Waals surface area contributed by atoms with E-state index in [0.29, 0.717) is 22.9 Å². The minimum absolute atomic E-state index is 0.245. The number of carboxylic acids is 1. The number of ether oxygens (including phenoxy) is 1. The van der Waals surface area contributed by atoms with Gasteiger partial charge >= 0.3 is 5.97 Å². The number of halogens is 1. The summed E-state index contributed by atoms with van der Waals surface area (Å²) in [5.74, 6) is 0.180. The Labute approximate surface area is 148 Å². The van der Waals surface area contributed by atoms with Gasteiger partial charge in [-0.15, -0.1) is 0 Å². The SMILES string of the molecule is O=C(COc1ccc(Cl)c2ccccc12)NC1(C(=O)O)CCSC1. The van der Waals surface area contributed by atoms with Crippen molar-refractivity contribution >= 4 is 46.0 Å². The highest BCUT2D eigenvalue weighted by Crippen LogP contribution is 2.31. The molecule has 1 amide bonds. The lowest BCUT2D eigenvalue weighted by Gasteiger charge is -2.24. The zero-order valence-electron chi connectivity index (χ0n) is 12.8. The minimum atomic E-state index is -1.19. The molecule has 1 aliphatic heterocycles. The van der Waals surface area contributed by atoms with Gasteiger partial charge in [-0.3, -0.25) is 4.79 Å². The van der Waals surface area contributed by atoms with Crippen LogP contribution >= 0.6 is 23.4 Å². The number of fused-ring (bicyclic) bond motifs is 1. The smallest absolute Gasteiger partial charge is 0.330 e. The fourth-order valence-corrected chi connectivity index (χ4v) is 4.25. The molecular weight excluding hydrogens is 350 g/mol. The van der Waals surface area contributed by atoms with Crippen LogP contribution in [0.4, 0.5) is 0 Å². The molecule has 0 radical (unpaired) electrons. The maximum absolute atomic E-state index is 12.2. The Bertz CT molecular complexity index is 789. The summed E-state index contributed by atoms with van der Waals surface area (Å²) >= 11 is 7.67. The third kappa shape index (κ3) is 3.30. The molecule has 0 spiro atoms. The number of carbonyl (C=O) groups excluding carboxylic acids is 1. The standard InChI is InChI=1S/C17H16ClNO4S/c18-13-5-6-14(12-4-2-1-3-11(12)13)23-9-15(20)19-17(16(21)22)7-8-24-10-17/h1-6H,7-10H2,(H,19,20)(H,21,22). The summed E-state index contributed by atoms with van der Waals surface area (Å²) in [5, 5.41) is 14.3. The summed E-state index contributed by atoms with van der Waals surface area (Å²) < 4.78 is 5.60. The van der Waals surface area contributed by atoms with Crippen molar-refractivity contribution in [2.24, 2.45) is 0 Å². The Morgan fingerprint density at radius 1 is 1.25 bits per heavy atom. The average molecular weight is 366 g/mol. The van der Waals surface area contributed by atoms with Crippen LogP contribution in [0, 0.1) is 0 Å². The van der Waals surface area contributed by atoms with Gasteiger partial charge in [0.2, 0.25) is 0 Å². The minimum Gasteiger partial charge on any atom is -0.483 e. The second-order valence-electron chi connectivity index (χ2n) is 5.62. The predicted octanol–water partition coefficient (Wildman–Crippen LogP) is 2.95. The summed E-state index contributed by atoms with van der Waals surface area (Å²) in [6.45, 7) is -0.245. The first-order chi connectivity index (χ1) is 11.5. The van der Waals surface area contributed by atoms with Crippen molar-refractivity contribution < 1.29 is 19.4 Å².